The minimum Gasteiger partial charge on any atom is -0.489 e. The van der Waals surface area contributed by atoms with Crippen LogP contribution < -0.4 is 21.1 Å². The van der Waals surface area contributed by atoms with Crippen LogP contribution in [0.2, 0.25) is 0 Å². The van der Waals surface area contributed by atoms with Crippen molar-refractivity contribution >= 4 is 29.9 Å². The van der Waals surface area contributed by atoms with E-state index in [-0.39, 0.29) is 37.3 Å². The Kier molecular flexibility index (Phi) is 8.45. The van der Waals surface area contributed by atoms with Gasteiger partial charge >= 0.3 is 0 Å². The van der Waals surface area contributed by atoms with Gasteiger partial charge in [-0.3, -0.25) is 9.59 Å². The van der Waals surface area contributed by atoms with Crippen molar-refractivity contribution in [2.24, 2.45) is 5.73 Å². The number of anilines is 1. The maximum atomic E-state index is 13.4. The van der Waals surface area contributed by atoms with Crippen LogP contribution in [0.1, 0.15) is 12.8 Å². The fraction of sp³-hybridized carbons (Fsp3) is 0.467. The van der Waals surface area contributed by atoms with Gasteiger partial charge in [0.25, 0.3) is 0 Å². The van der Waals surface area contributed by atoms with Gasteiger partial charge in [-0.05, 0) is 25.0 Å². The van der Waals surface area contributed by atoms with E-state index in [1.54, 1.807) is 0 Å². The molecule has 1 heterocycles. The number of halogens is 2. The van der Waals surface area contributed by atoms with Gasteiger partial charge in [0.1, 0.15) is 18.2 Å². The molecular weight excluding hydrogens is 341 g/mol. The average molecular weight is 362 g/mol. The lowest BCUT2D eigenvalue weighted by Gasteiger charge is -2.15. The molecule has 1 aliphatic heterocycles. The van der Waals surface area contributed by atoms with E-state index in [1.807, 2.05) is 0 Å². The van der Waals surface area contributed by atoms with Gasteiger partial charge in [0.05, 0.1) is 24.9 Å². The molecule has 4 N–H and O–H groups in total. The third kappa shape index (κ3) is 6.31. The number of benzene rings is 1. The highest BCUT2D eigenvalue weighted by Gasteiger charge is 2.17. The molecule has 2 amide bonds. The summed E-state index contributed by atoms with van der Waals surface area (Å²) in [7, 11) is 0. The van der Waals surface area contributed by atoms with Crippen molar-refractivity contribution in [3.05, 3.63) is 24.0 Å². The van der Waals surface area contributed by atoms with E-state index in [4.69, 9.17) is 15.2 Å². The summed E-state index contributed by atoms with van der Waals surface area (Å²) in [6, 6.07) is 3.85. The summed E-state index contributed by atoms with van der Waals surface area (Å²) in [4.78, 5) is 22.8. The maximum absolute atomic E-state index is 13.4. The number of carbonyl (C=O) groups excluding carboxylic acids is 2. The Morgan fingerprint density at radius 1 is 1.38 bits per heavy atom. The normalized spacial score (nSPS) is 16.2. The van der Waals surface area contributed by atoms with Crippen molar-refractivity contribution in [3.8, 4) is 5.75 Å². The Balaban J connectivity index is 0.00000288. The van der Waals surface area contributed by atoms with E-state index in [2.05, 4.69) is 10.6 Å². The summed E-state index contributed by atoms with van der Waals surface area (Å²) in [5, 5.41) is 4.84. The summed E-state index contributed by atoms with van der Waals surface area (Å²) in [6.45, 7) is 0.584. The van der Waals surface area contributed by atoms with E-state index >= 15 is 0 Å². The smallest absolute Gasteiger partial charge is 0.243 e. The largest absolute Gasteiger partial charge is 0.489 e. The molecule has 134 valence electrons. The van der Waals surface area contributed by atoms with Crippen LogP contribution in [0.4, 0.5) is 10.1 Å². The fourth-order valence-corrected chi connectivity index (χ4v) is 2.13. The lowest BCUT2D eigenvalue weighted by atomic mass is 10.2. The Morgan fingerprint density at radius 3 is 2.83 bits per heavy atom. The second kappa shape index (κ2) is 10.1. The first-order valence-electron chi connectivity index (χ1n) is 7.39. The highest BCUT2D eigenvalue weighted by Crippen LogP contribution is 2.26. The van der Waals surface area contributed by atoms with Crippen LogP contribution in [0.25, 0.3) is 0 Å². The molecule has 1 atom stereocenters. The van der Waals surface area contributed by atoms with E-state index in [9.17, 15) is 14.0 Å². The quantitative estimate of drug-likeness (QED) is 0.667. The highest BCUT2D eigenvalue weighted by molar-refractivity contribution is 5.95. The van der Waals surface area contributed by atoms with Crippen molar-refractivity contribution in [3.63, 3.8) is 0 Å². The van der Waals surface area contributed by atoms with Crippen LogP contribution in [0, 0.1) is 5.82 Å². The minimum absolute atomic E-state index is 0. The zero-order chi connectivity index (χ0) is 16.7. The van der Waals surface area contributed by atoms with Gasteiger partial charge in [0.2, 0.25) is 11.8 Å². The second-order valence-corrected chi connectivity index (χ2v) is 5.12. The first-order valence-corrected chi connectivity index (χ1v) is 7.39. The van der Waals surface area contributed by atoms with Crippen molar-refractivity contribution < 1.29 is 23.5 Å². The van der Waals surface area contributed by atoms with Gasteiger partial charge < -0.3 is 25.8 Å². The molecule has 1 saturated heterocycles. The molecule has 1 unspecified atom stereocenters. The van der Waals surface area contributed by atoms with Gasteiger partial charge in [-0.1, -0.05) is 0 Å². The molecule has 1 fully saturated rings. The number of nitrogens with one attached hydrogen (secondary N) is 2. The predicted molar refractivity (Wildman–Crippen MR) is 88.8 cm³/mol. The van der Waals surface area contributed by atoms with E-state index < -0.39 is 17.6 Å². The highest BCUT2D eigenvalue weighted by atomic mass is 35.5. The molecule has 7 nitrogen and oxygen atoms in total. The molecular formula is C15H21ClFN3O4. The maximum Gasteiger partial charge on any atom is 0.243 e. The van der Waals surface area contributed by atoms with Gasteiger partial charge in [-0.25, -0.2) is 4.39 Å². The van der Waals surface area contributed by atoms with E-state index in [0.717, 1.165) is 18.9 Å². The molecule has 0 bridgehead atoms. The number of hydrogen-bond acceptors (Lipinski definition) is 5. The standard InChI is InChI=1S/C15H20FN3O4.ClH/c16-10-3-4-13(23-9-11-2-1-5-22-11)12(6-10)19-15(21)8-18-14(20)7-17;/h3-4,6,11H,1-2,5,7-9,17H2,(H,18,20)(H,19,21);1H. The zero-order valence-electron chi connectivity index (χ0n) is 13.0. The summed E-state index contributed by atoms with van der Waals surface area (Å²) in [5.41, 5.74) is 5.33. The van der Waals surface area contributed by atoms with Crippen LogP contribution in [0.3, 0.4) is 0 Å². The minimum atomic E-state index is -0.504. The topological polar surface area (TPSA) is 103 Å². The predicted octanol–water partition coefficient (Wildman–Crippen LogP) is 0.819. The number of rotatable bonds is 7. The molecule has 24 heavy (non-hydrogen) atoms. The molecule has 2 rings (SSSR count). The van der Waals surface area contributed by atoms with E-state index in [0.29, 0.717) is 19.0 Å². The third-order valence-corrected chi connectivity index (χ3v) is 3.30. The van der Waals surface area contributed by atoms with Gasteiger partial charge in [-0.15, -0.1) is 12.4 Å². The molecule has 1 aromatic carbocycles. The van der Waals surface area contributed by atoms with E-state index in [1.165, 1.54) is 12.1 Å². The molecule has 1 aliphatic rings. The second-order valence-electron chi connectivity index (χ2n) is 5.12. The van der Waals surface area contributed by atoms with Crippen molar-refractivity contribution in [1.29, 1.82) is 0 Å². The van der Waals surface area contributed by atoms with Gasteiger partial charge in [-0.2, -0.15) is 0 Å². The third-order valence-electron chi connectivity index (χ3n) is 3.30. The number of nitrogens with two attached hydrogens (primary N) is 1. The summed E-state index contributed by atoms with van der Waals surface area (Å²) in [5.74, 6) is -1.11. The Labute approximate surface area is 145 Å². The zero-order valence-corrected chi connectivity index (χ0v) is 13.9. The molecule has 0 aromatic heterocycles. The lowest BCUT2D eigenvalue weighted by molar-refractivity contribution is -0.123. The number of hydrogen-bond donors (Lipinski definition) is 3. The van der Waals surface area contributed by atoms with Crippen molar-refractivity contribution in [1.82, 2.24) is 5.32 Å². The molecule has 0 spiro atoms. The van der Waals surface area contributed by atoms with Crippen LogP contribution in [0.15, 0.2) is 18.2 Å². The lowest BCUT2D eigenvalue weighted by Crippen LogP contribution is -2.36. The molecule has 1 aromatic rings. The van der Waals surface area contributed by atoms with Crippen LogP contribution in [-0.2, 0) is 14.3 Å². The Bertz CT molecular complexity index is 568. The van der Waals surface area contributed by atoms with Crippen LogP contribution in [0.5, 0.6) is 5.75 Å². The van der Waals surface area contributed by atoms with Crippen LogP contribution in [-0.4, -0.2) is 44.2 Å². The van der Waals surface area contributed by atoms with Gasteiger partial charge in [0.15, 0.2) is 0 Å². The summed E-state index contributed by atoms with van der Waals surface area (Å²) < 4.78 is 24.5. The average Bonchev–Trinajstić information content (AvgIpc) is 3.05. The Morgan fingerprint density at radius 2 is 2.17 bits per heavy atom. The summed E-state index contributed by atoms with van der Waals surface area (Å²) in [6.07, 6.45) is 1.91. The number of amides is 2. The SMILES string of the molecule is Cl.NCC(=O)NCC(=O)Nc1cc(F)ccc1OCC1CCCO1. The molecule has 9 heteroatoms. The molecule has 0 aliphatic carbocycles. The first kappa shape index (κ1) is 20.1. The van der Waals surface area contributed by atoms with Crippen molar-refractivity contribution in [2.75, 3.05) is 31.6 Å². The Hall–Kier alpha value is -1.90. The van der Waals surface area contributed by atoms with Crippen molar-refractivity contribution in [2.45, 2.75) is 18.9 Å². The van der Waals surface area contributed by atoms with Crippen LogP contribution >= 0.6 is 12.4 Å². The summed E-state index contributed by atoms with van der Waals surface area (Å²) >= 11 is 0. The monoisotopic (exact) mass is 361 g/mol. The molecule has 0 radical (unpaired) electrons. The molecule has 0 saturated carbocycles. The fourth-order valence-electron chi connectivity index (χ4n) is 2.13. The first-order chi connectivity index (χ1) is 11.1. The van der Waals surface area contributed by atoms with Gasteiger partial charge in [0, 0.05) is 12.7 Å². The number of ether oxygens (including phenoxy) is 2. The number of carbonyl (C=O) groups is 2.